The number of hydrogen-bond acceptors (Lipinski definition) is 2. The average Bonchev–Trinajstić information content (AvgIpc) is 2.12. The molecule has 0 aliphatic rings. The van der Waals surface area contributed by atoms with Crippen LogP contribution in [0.15, 0.2) is 0 Å². The van der Waals surface area contributed by atoms with Gasteiger partial charge in [0.25, 0.3) is 0 Å². The molecule has 0 aromatic rings. The van der Waals surface area contributed by atoms with Crippen LogP contribution in [0.25, 0.3) is 0 Å². The summed E-state index contributed by atoms with van der Waals surface area (Å²) in [6.45, 7) is 8.13. The molecule has 0 rings (SSSR count). The molecule has 90 valence electrons. The summed E-state index contributed by atoms with van der Waals surface area (Å²) in [4.78, 5) is 11.2. The number of rotatable bonds is 7. The number of amides is 1. The molecule has 0 radical (unpaired) electrons. The topological polar surface area (TPSA) is 55.1 Å². The minimum Gasteiger partial charge on any atom is -0.356 e. The first kappa shape index (κ1) is 14.4. The number of carbonyl (C=O) groups excluding carboxylic acids is 1. The third-order valence-electron chi connectivity index (χ3n) is 2.28. The van der Waals surface area contributed by atoms with Gasteiger partial charge in [0.2, 0.25) is 5.91 Å². The zero-order valence-corrected chi connectivity index (χ0v) is 10.4. The quantitative estimate of drug-likeness (QED) is 0.637. The summed E-state index contributed by atoms with van der Waals surface area (Å²) in [6.07, 6.45) is 4.82. The van der Waals surface area contributed by atoms with E-state index in [9.17, 15) is 4.79 Å². The standard InChI is InChI=1S/C12H26N2O/c1-12(2,3)8-4-5-10-14-11(15)7-6-9-13/h4-10,13H2,1-3H3,(H,14,15). The second-order valence-electron chi connectivity index (χ2n) is 5.26. The van der Waals surface area contributed by atoms with Crippen LogP contribution >= 0.6 is 0 Å². The van der Waals surface area contributed by atoms with Crippen molar-refractivity contribution < 1.29 is 4.79 Å². The zero-order valence-electron chi connectivity index (χ0n) is 10.4. The van der Waals surface area contributed by atoms with Gasteiger partial charge in [-0.1, -0.05) is 27.2 Å². The van der Waals surface area contributed by atoms with Gasteiger partial charge in [0.05, 0.1) is 0 Å². The van der Waals surface area contributed by atoms with Crippen LogP contribution in [0, 0.1) is 5.41 Å². The van der Waals surface area contributed by atoms with E-state index in [0.29, 0.717) is 18.4 Å². The predicted octanol–water partition coefficient (Wildman–Crippen LogP) is 2.06. The van der Waals surface area contributed by atoms with Crippen LogP contribution in [0.5, 0.6) is 0 Å². The summed E-state index contributed by atoms with van der Waals surface area (Å²) >= 11 is 0. The van der Waals surface area contributed by atoms with Crippen molar-refractivity contribution in [2.24, 2.45) is 11.1 Å². The van der Waals surface area contributed by atoms with Gasteiger partial charge in [-0.15, -0.1) is 0 Å². The monoisotopic (exact) mass is 214 g/mol. The number of nitrogens with one attached hydrogen (secondary N) is 1. The van der Waals surface area contributed by atoms with Crippen LogP contribution in [0.3, 0.4) is 0 Å². The summed E-state index contributed by atoms with van der Waals surface area (Å²) < 4.78 is 0. The molecule has 0 fully saturated rings. The first-order valence-corrected chi connectivity index (χ1v) is 5.92. The molecule has 0 saturated heterocycles. The minimum atomic E-state index is 0.135. The fourth-order valence-corrected chi connectivity index (χ4v) is 1.36. The highest BCUT2D eigenvalue weighted by Gasteiger charge is 2.08. The molecule has 0 heterocycles. The number of carbonyl (C=O) groups is 1. The van der Waals surface area contributed by atoms with Gasteiger partial charge in [-0.25, -0.2) is 0 Å². The molecule has 0 aromatic heterocycles. The van der Waals surface area contributed by atoms with Crippen LogP contribution in [0.4, 0.5) is 0 Å². The molecule has 0 aromatic carbocycles. The third-order valence-corrected chi connectivity index (χ3v) is 2.28. The average molecular weight is 214 g/mol. The van der Waals surface area contributed by atoms with Gasteiger partial charge in [0, 0.05) is 13.0 Å². The Balaban J connectivity index is 3.27. The van der Waals surface area contributed by atoms with E-state index in [-0.39, 0.29) is 5.91 Å². The van der Waals surface area contributed by atoms with Crippen molar-refractivity contribution >= 4 is 5.91 Å². The van der Waals surface area contributed by atoms with E-state index >= 15 is 0 Å². The fourth-order valence-electron chi connectivity index (χ4n) is 1.36. The Bertz CT molecular complexity index is 173. The van der Waals surface area contributed by atoms with Crippen LogP contribution in [-0.2, 0) is 4.79 Å². The van der Waals surface area contributed by atoms with E-state index in [0.717, 1.165) is 19.4 Å². The largest absolute Gasteiger partial charge is 0.356 e. The van der Waals surface area contributed by atoms with Crippen molar-refractivity contribution in [2.75, 3.05) is 13.1 Å². The Hall–Kier alpha value is -0.570. The Morgan fingerprint density at radius 2 is 1.87 bits per heavy atom. The zero-order chi connectivity index (χ0) is 11.7. The first-order valence-electron chi connectivity index (χ1n) is 5.92. The maximum Gasteiger partial charge on any atom is 0.220 e. The van der Waals surface area contributed by atoms with E-state index in [4.69, 9.17) is 5.73 Å². The number of nitrogens with two attached hydrogens (primary N) is 1. The summed E-state index contributed by atoms with van der Waals surface area (Å²) in [7, 11) is 0. The molecule has 3 N–H and O–H groups in total. The molecule has 0 spiro atoms. The van der Waals surface area contributed by atoms with Gasteiger partial charge < -0.3 is 11.1 Å². The normalized spacial score (nSPS) is 11.5. The number of hydrogen-bond donors (Lipinski definition) is 2. The van der Waals surface area contributed by atoms with Crippen molar-refractivity contribution in [3.05, 3.63) is 0 Å². The lowest BCUT2D eigenvalue weighted by molar-refractivity contribution is -0.121. The molecule has 0 unspecified atom stereocenters. The van der Waals surface area contributed by atoms with Crippen molar-refractivity contribution in [2.45, 2.75) is 52.9 Å². The van der Waals surface area contributed by atoms with Crippen molar-refractivity contribution in [3.8, 4) is 0 Å². The van der Waals surface area contributed by atoms with Gasteiger partial charge in [-0.05, 0) is 31.2 Å². The Morgan fingerprint density at radius 1 is 1.20 bits per heavy atom. The number of unbranched alkanes of at least 4 members (excludes halogenated alkanes) is 1. The Labute approximate surface area is 93.8 Å². The van der Waals surface area contributed by atoms with Gasteiger partial charge in [0.1, 0.15) is 0 Å². The molecule has 0 saturated carbocycles. The maximum atomic E-state index is 11.2. The molecule has 1 amide bonds. The lowest BCUT2D eigenvalue weighted by atomic mass is 9.90. The van der Waals surface area contributed by atoms with E-state index < -0.39 is 0 Å². The molecule has 0 aliphatic carbocycles. The highest BCUT2D eigenvalue weighted by atomic mass is 16.1. The fraction of sp³-hybridized carbons (Fsp3) is 0.917. The van der Waals surface area contributed by atoms with Crippen LogP contribution in [-0.4, -0.2) is 19.0 Å². The molecular weight excluding hydrogens is 188 g/mol. The van der Waals surface area contributed by atoms with Crippen molar-refractivity contribution in [3.63, 3.8) is 0 Å². The molecule has 3 nitrogen and oxygen atoms in total. The van der Waals surface area contributed by atoms with Crippen LogP contribution < -0.4 is 11.1 Å². The molecular formula is C12H26N2O. The minimum absolute atomic E-state index is 0.135. The summed E-state index contributed by atoms with van der Waals surface area (Å²) in [6, 6.07) is 0. The maximum absolute atomic E-state index is 11.2. The van der Waals surface area contributed by atoms with Crippen molar-refractivity contribution in [1.82, 2.24) is 5.32 Å². The van der Waals surface area contributed by atoms with E-state index in [1.54, 1.807) is 0 Å². The summed E-state index contributed by atoms with van der Waals surface area (Å²) in [5, 5.41) is 2.91. The smallest absolute Gasteiger partial charge is 0.220 e. The van der Waals surface area contributed by atoms with Crippen molar-refractivity contribution in [1.29, 1.82) is 0 Å². The van der Waals surface area contributed by atoms with Crippen LogP contribution in [0.1, 0.15) is 52.9 Å². The molecule has 0 atom stereocenters. The third kappa shape index (κ3) is 11.4. The SMILES string of the molecule is CC(C)(C)CCCCNC(=O)CCCN. The second kappa shape index (κ2) is 7.69. The Morgan fingerprint density at radius 3 is 2.40 bits per heavy atom. The van der Waals surface area contributed by atoms with E-state index in [1.807, 2.05) is 0 Å². The van der Waals surface area contributed by atoms with Gasteiger partial charge in [-0.2, -0.15) is 0 Å². The second-order valence-corrected chi connectivity index (χ2v) is 5.26. The molecule has 15 heavy (non-hydrogen) atoms. The summed E-state index contributed by atoms with van der Waals surface area (Å²) in [5.41, 5.74) is 5.73. The van der Waals surface area contributed by atoms with Gasteiger partial charge in [0.15, 0.2) is 0 Å². The molecule has 0 bridgehead atoms. The molecule has 0 aliphatic heterocycles. The van der Waals surface area contributed by atoms with Gasteiger partial charge >= 0.3 is 0 Å². The first-order chi connectivity index (χ1) is 6.95. The lowest BCUT2D eigenvalue weighted by Gasteiger charge is -2.17. The van der Waals surface area contributed by atoms with Gasteiger partial charge in [-0.3, -0.25) is 4.79 Å². The highest BCUT2D eigenvalue weighted by Crippen LogP contribution is 2.21. The highest BCUT2D eigenvalue weighted by molar-refractivity contribution is 5.75. The lowest BCUT2D eigenvalue weighted by Crippen LogP contribution is -2.25. The summed E-state index contributed by atoms with van der Waals surface area (Å²) in [5.74, 6) is 0.135. The predicted molar refractivity (Wildman–Crippen MR) is 64.6 cm³/mol. The van der Waals surface area contributed by atoms with E-state index in [1.165, 1.54) is 12.8 Å². The molecule has 3 heteroatoms. The van der Waals surface area contributed by atoms with Crippen LogP contribution in [0.2, 0.25) is 0 Å². The Kier molecular flexibility index (Phi) is 7.39. The van der Waals surface area contributed by atoms with E-state index in [2.05, 4.69) is 26.1 Å².